The molecule has 6 heteroatoms. The smallest absolute Gasteiger partial charge is 0.230 e. The van der Waals surface area contributed by atoms with Gasteiger partial charge in [0.25, 0.3) is 0 Å². The highest BCUT2D eigenvalue weighted by Crippen LogP contribution is 2.22. The average Bonchev–Trinajstić information content (AvgIpc) is 2.32. The topological polar surface area (TPSA) is 70.6 Å². The Bertz CT molecular complexity index is 486. The van der Waals surface area contributed by atoms with E-state index in [1.54, 1.807) is 25.1 Å². The second-order valence-electron chi connectivity index (χ2n) is 3.73. The van der Waals surface area contributed by atoms with Gasteiger partial charge in [0.2, 0.25) is 12.3 Å². The van der Waals surface area contributed by atoms with Gasteiger partial charge in [-0.05, 0) is 31.5 Å². The van der Waals surface area contributed by atoms with E-state index in [0.717, 1.165) is 5.56 Å². The lowest BCUT2D eigenvalue weighted by atomic mass is 10.2. The fourth-order valence-corrected chi connectivity index (χ4v) is 1.52. The summed E-state index contributed by atoms with van der Waals surface area (Å²) in [7, 11) is 0. The van der Waals surface area contributed by atoms with Crippen LogP contribution in [0.15, 0.2) is 23.3 Å². The number of nitrogens with one attached hydrogen (secondary N) is 2. The molecule has 1 aromatic carbocycles. The molecule has 0 aliphatic carbocycles. The second-order valence-corrected chi connectivity index (χ2v) is 4.14. The zero-order chi connectivity index (χ0) is 13.5. The van der Waals surface area contributed by atoms with E-state index in [1.165, 1.54) is 0 Å². The Kier molecular flexibility index (Phi) is 5.32. The summed E-state index contributed by atoms with van der Waals surface area (Å²) in [6, 6.07) is 5.29. The molecule has 0 aromatic heterocycles. The van der Waals surface area contributed by atoms with Crippen molar-refractivity contribution in [2.24, 2.45) is 5.10 Å². The molecular weight excluding hydrogens is 254 g/mol. The molecule has 0 aliphatic heterocycles. The Labute approximate surface area is 110 Å². The Morgan fingerprint density at radius 3 is 2.89 bits per heavy atom. The number of hydrazone groups is 1. The monoisotopic (exact) mass is 267 g/mol. The lowest BCUT2D eigenvalue weighted by Crippen LogP contribution is -2.17. The van der Waals surface area contributed by atoms with Gasteiger partial charge in [0, 0.05) is 16.4 Å². The Hall–Kier alpha value is -1.88. The van der Waals surface area contributed by atoms with Crippen LogP contribution in [0.5, 0.6) is 0 Å². The Morgan fingerprint density at radius 2 is 2.22 bits per heavy atom. The maximum Gasteiger partial charge on any atom is 0.230 e. The number of anilines is 1. The van der Waals surface area contributed by atoms with Crippen LogP contribution in [0, 0.1) is 6.92 Å². The molecule has 1 aromatic rings. The van der Waals surface area contributed by atoms with Crippen LogP contribution in [-0.2, 0) is 9.59 Å². The van der Waals surface area contributed by atoms with Crippen LogP contribution in [0.1, 0.15) is 18.9 Å². The molecule has 2 N–H and O–H groups in total. The average molecular weight is 268 g/mol. The van der Waals surface area contributed by atoms with Crippen LogP contribution in [-0.4, -0.2) is 18.0 Å². The molecule has 2 amide bonds. The number of rotatable bonds is 5. The molecule has 96 valence electrons. The number of carbonyl (C=O) groups excluding carboxylic acids is 2. The summed E-state index contributed by atoms with van der Waals surface area (Å²) in [5, 5.41) is 7.01. The molecule has 0 unspecified atom stereocenters. The number of hydrogen-bond acceptors (Lipinski definition) is 3. The number of halogens is 1. The predicted molar refractivity (Wildman–Crippen MR) is 71.7 cm³/mol. The summed E-state index contributed by atoms with van der Waals surface area (Å²) >= 11 is 5.95. The Balaban J connectivity index is 2.65. The van der Waals surface area contributed by atoms with E-state index in [9.17, 15) is 9.59 Å². The van der Waals surface area contributed by atoms with Gasteiger partial charge in [-0.1, -0.05) is 17.7 Å². The maximum atomic E-state index is 11.7. The van der Waals surface area contributed by atoms with Crippen molar-refractivity contribution in [3.05, 3.63) is 28.8 Å². The van der Waals surface area contributed by atoms with Crippen molar-refractivity contribution in [2.75, 3.05) is 5.32 Å². The van der Waals surface area contributed by atoms with Gasteiger partial charge in [-0.2, -0.15) is 5.10 Å². The minimum Gasteiger partial charge on any atom is -0.325 e. The third kappa shape index (κ3) is 4.18. The molecule has 0 saturated heterocycles. The summed E-state index contributed by atoms with van der Waals surface area (Å²) in [5.74, 6) is -0.214. The van der Waals surface area contributed by atoms with Crippen LogP contribution in [0.3, 0.4) is 0 Å². The normalized spacial score (nSPS) is 10.9. The number of benzene rings is 1. The van der Waals surface area contributed by atoms with Crippen molar-refractivity contribution >= 4 is 35.3 Å². The zero-order valence-electron chi connectivity index (χ0n) is 10.2. The lowest BCUT2D eigenvalue weighted by molar-refractivity contribution is -0.115. The van der Waals surface area contributed by atoms with Crippen LogP contribution >= 0.6 is 11.6 Å². The summed E-state index contributed by atoms with van der Waals surface area (Å²) in [4.78, 5) is 21.7. The van der Waals surface area contributed by atoms with Crippen molar-refractivity contribution in [2.45, 2.75) is 20.3 Å². The third-order valence-electron chi connectivity index (χ3n) is 2.27. The fourth-order valence-electron chi connectivity index (χ4n) is 1.35. The molecular formula is C12H14ClN3O2. The summed E-state index contributed by atoms with van der Waals surface area (Å²) < 4.78 is 0. The SMILES string of the molecule is C/C(CC(=O)Nc1cccc(Cl)c1C)=N\NC=O. The first-order valence-electron chi connectivity index (χ1n) is 5.32. The maximum absolute atomic E-state index is 11.7. The molecule has 0 bridgehead atoms. The van der Waals surface area contributed by atoms with E-state index in [-0.39, 0.29) is 12.3 Å². The van der Waals surface area contributed by atoms with E-state index in [4.69, 9.17) is 11.6 Å². The van der Waals surface area contributed by atoms with Gasteiger partial charge in [0.1, 0.15) is 0 Å². The molecule has 1 rings (SSSR count). The van der Waals surface area contributed by atoms with E-state index in [1.807, 2.05) is 6.92 Å². The third-order valence-corrected chi connectivity index (χ3v) is 2.68. The number of carbonyl (C=O) groups is 2. The minimum atomic E-state index is -0.214. The predicted octanol–water partition coefficient (Wildman–Crippen LogP) is 2.10. The van der Waals surface area contributed by atoms with E-state index < -0.39 is 0 Å². The molecule has 0 aliphatic rings. The highest BCUT2D eigenvalue weighted by molar-refractivity contribution is 6.31. The van der Waals surface area contributed by atoms with Gasteiger partial charge < -0.3 is 5.32 Å². The summed E-state index contributed by atoms with van der Waals surface area (Å²) in [6.07, 6.45) is 0.551. The lowest BCUT2D eigenvalue weighted by Gasteiger charge is -2.09. The van der Waals surface area contributed by atoms with Gasteiger partial charge in [-0.15, -0.1) is 0 Å². The molecule has 0 spiro atoms. The van der Waals surface area contributed by atoms with Crippen LogP contribution in [0.25, 0.3) is 0 Å². The molecule has 5 nitrogen and oxygen atoms in total. The molecule has 18 heavy (non-hydrogen) atoms. The quantitative estimate of drug-likeness (QED) is 0.487. The van der Waals surface area contributed by atoms with Crippen molar-refractivity contribution < 1.29 is 9.59 Å². The first-order chi connectivity index (χ1) is 8.54. The highest BCUT2D eigenvalue weighted by atomic mass is 35.5. The fraction of sp³-hybridized carbons (Fsp3) is 0.250. The van der Waals surface area contributed by atoms with Crippen molar-refractivity contribution in [1.82, 2.24) is 5.43 Å². The van der Waals surface area contributed by atoms with Gasteiger partial charge in [-0.3, -0.25) is 9.59 Å². The second kappa shape index (κ2) is 6.76. The van der Waals surface area contributed by atoms with E-state index in [2.05, 4.69) is 15.8 Å². The van der Waals surface area contributed by atoms with E-state index in [0.29, 0.717) is 22.8 Å². The van der Waals surface area contributed by atoms with Crippen LogP contribution in [0.2, 0.25) is 5.02 Å². The zero-order valence-corrected chi connectivity index (χ0v) is 10.9. The van der Waals surface area contributed by atoms with Crippen molar-refractivity contribution in [3.8, 4) is 0 Å². The molecule has 0 radical (unpaired) electrons. The minimum absolute atomic E-state index is 0.104. The highest BCUT2D eigenvalue weighted by Gasteiger charge is 2.07. The summed E-state index contributed by atoms with van der Waals surface area (Å²) in [5.41, 5.74) is 4.14. The standard InChI is InChI=1S/C12H14ClN3O2/c1-8(16-14-7-17)6-12(18)15-11-5-3-4-10(13)9(11)2/h3-5,7H,6H2,1-2H3,(H,14,17)(H,15,18)/b16-8+. The number of hydrogen-bond donors (Lipinski definition) is 2. The van der Waals surface area contributed by atoms with Crippen molar-refractivity contribution in [3.63, 3.8) is 0 Å². The summed E-state index contributed by atoms with van der Waals surface area (Å²) in [6.45, 7) is 3.48. The van der Waals surface area contributed by atoms with Gasteiger partial charge in [0.15, 0.2) is 0 Å². The van der Waals surface area contributed by atoms with Gasteiger partial charge in [-0.25, -0.2) is 5.43 Å². The molecule has 0 saturated carbocycles. The first-order valence-corrected chi connectivity index (χ1v) is 5.69. The van der Waals surface area contributed by atoms with E-state index >= 15 is 0 Å². The number of nitrogens with zero attached hydrogens (tertiary/aromatic N) is 1. The first kappa shape index (κ1) is 14.2. The van der Waals surface area contributed by atoms with Crippen LogP contribution < -0.4 is 10.7 Å². The van der Waals surface area contributed by atoms with Gasteiger partial charge in [0.05, 0.1) is 6.42 Å². The van der Waals surface area contributed by atoms with Crippen LogP contribution in [0.4, 0.5) is 5.69 Å². The Morgan fingerprint density at radius 1 is 1.50 bits per heavy atom. The van der Waals surface area contributed by atoms with Gasteiger partial charge >= 0.3 is 0 Å². The molecule has 0 heterocycles. The molecule has 0 atom stereocenters. The van der Waals surface area contributed by atoms with Crippen molar-refractivity contribution in [1.29, 1.82) is 0 Å². The largest absolute Gasteiger partial charge is 0.325 e. The number of amides is 2. The molecule has 0 fully saturated rings.